The lowest BCUT2D eigenvalue weighted by Gasteiger charge is -2.07. The first-order valence-electron chi connectivity index (χ1n) is 9.86. The van der Waals surface area contributed by atoms with Gasteiger partial charge in [-0.1, -0.05) is 44.5 Å². The maximum absolute atomic E-state index is 13.1. The minimum atomic E-state index is -3.41. The summed E-state index contributed by atoms with van der Waals surface area (Å²) in [5.41, 5.74) is 3.95. The highest BCUT2D eigenvalue weighted by molar-refractivity contribution is 7.92. The van der Waals surface area contributed by atoms with E-state index in [4.69, 9.17) is 0 Å². The minimum Gasteiger partial charge on any atom is -0.294 e. The number of rotatable bonds is 8. The van der Waals surface area contributed by atoms with Crippen LogP contribution in [0, 0.1) is 0 Å². The molecular formula is C22H26N4O3S. The third kappa shape index (κ3) is 5.07. The number of aromatic nitrogens is 2. The number of anilines is 1. The molecule has 0 bridgehead atoms. The summed E-state index contributed by atoms with van der Waals surface area (Å²) in [5.74, 6) is 0. The number of aliphatic imine (C=N–C) groups is 1. The molecule has 0 saturated carbocycles. The fourth-order valence-electron chi connectivity index (χ4n) is 3.24. The Morgan fingerprint density at radius 2 is 1.90 bits per heavy atom. The van der Waals surface area contributed by atoms with Gasteiger partial charge in [-0.3, -0.25) is 19.6 Å². The lowest BCUT2D eigenvalue weighted by atomic mass is 10.1. The first kappa shape index (κ1) is 21.6. The maximum Gasteiger partial charge on any atom is 0.280 e. The van der Waals surface area contributed by atoms with E-state index in [9.17, 15) is 13.2 Å². The van der Waals surface area contributed by atoms with Crippen molar-refractivity contribution in [2.75, 3.05) is 11.0 Å². The molecule has 3 rings (SSSR count). The molecule has 0 aliphatic carbocycles. The van der Waals surface area contributed by atoms with Gasteiger partial charge in [0, 0.05) is 11.9 Å². The molecule has 0 saturated heterocycles. The van der Waals surface area contributed by atoms with Gasteiger partial charge in [0.25, 0.3) is 5.56 Å². The number of nitrogens with zero attached hydrogens (tertiary/aromatic N) is 2. The third-order valence-electron chi connectivity index (χ3n) is 4.62. The molecule has 0 unspecified atom stereocenters. The number of nitrogens with one attached hydrogen (secondary N) is 2. The predicted molar refractivity (Wildman–Crippen MR) is 122 cm³/mol. The molecule has 8 heteroatoms. The fourth-order valence-corrected chi connectivity index (χ4v) is 3.80. The molecule has 30 heavy (non-hydrogen) atoms. The van der Waals surface area contributed by atoms with Crippen molar-refractivity contribution < 1.29 is 8.42 Å². The quantitative estimate of drug-likeness (QED) is 0.536. The summed E-state index contributed by atoms with van der Waals surface area (Å²) in [6.07, 6.45) is 5.12. The van der Waals surface area contributed by atoms with Gasteiger partial charge in [0.15, 0.2) is 0 Å². The zero-order valence-corrected chi connectivity index (χ0v) is 18.2. The van der Waals surface area contributed by atoms with Crippen molar-refractivity contribution in [1.29, 1.82) is 0 Å². The molecule has 0 atom stereocenters. The molecule has 0 amide bonds. The van der Waals surface area contributed by atoms with Crippen molar-refractivity contribution in [1.82, 2.24) is 9.78 Å². The van der Waals surface area contributed by atoms with E-state index in [-0.39, 0.29) is 5.56 Å². The summed E-state index contributed by atoms with van der Waals surface area (Å²) < 4.78 is 26.9. The Morgan fingerprint density at radius 3 is 2.60 bits per heavy atom. The Kier molecular flexibility index (Phi) is 6.56. The van der Waals surface area contributed by atoms with Crippen LogP contribution in [0.25, 0.3) is 5.69 Å². The number of benzene rings is 2. The highest BCUT2D eigenvalue weighted by atomic mass is 32.2. The highest BCUT2D eigenvalue weighted by Gasteiger charge is 2.14. The van der Waals surface area contributed by atoms with Crippen molar-refractivity contribution in [3.05, 3.63) is 75.7 Å². The zero-order chi connectivity index (χ0) is 21.7. The monoisotopic (exact) mass is 426 g/mol. The summed E-state index contributed by atoms with van der Waals surface area (Å²) in [4.78, 5) is 17.7. The van der Waals surface area contributed by atoms with Crippen LogP contribution in [-0.4, -0.2) is 30.7 Å². The molecule has 1 heterocycles. The molecular weight excluding hydrogens is 400 g/mol. The molecule has 0 aliphatic rings. The highest BCUT2D eigenvalue weighted by Crippen LogP contribution is 2.20. The van der Waals surface area contributed by atoms with Crippen molar-refractivity contribution in [2.24, 2.45) is 4.99 Å². The van der Waals surface area contributed by atoms with Crippen LogP contribution in [0.2, 0.25) is 0 Å². The SMILES string of the molecule is CCCc1[nH]n(-c2cccc(NS(C)(=O)=O)c2)c(=O)c1C=Nc1ccccc1CC. The van der Waals surface area contributed by atoms with Gasteiger partial charge in [-0.15, -0.1) is 0 Å². The Labute approximate surface area is 176 Å². The van der Waals surface area contributed by atoms with E-state index in [1.165, 1.54) is 4.68 Å². The van der Waals surface area contributed by atoms with Gasteiger partial charge in [0.05, 0.1) is 28.9 Å². The summed E-state index contributed by atoms with van der Waals surface area (Å²) in [7, 11) is -3.41. The average molecular weight is 427 g/mol. The normalized spacial score (nSPS) is 11.8. The Morgan fingerprint density at radius 1 is 1.13 bits per heavy atom. The second-order valence-electron chi connectivity index (χ2n) is 7.06. The standard InChI is InChI=1S/C22H26N4O3S/c1-4-9-21-19(15-23-20-13-7-6-10-16(20)5-2)22(27)26(24-21)18-12-8-11-17(14-18)25-30(3,28)29/h6-8,10-15,24-25H,4-5,9H2,1-3H3. The third-order valence-corrected chi connectivity index (χ3v) is 5.22. The number of hydrogen-bond donors (Lipinski definition) is 2. The van der Waals surface area contributed by atoms with Crippen molar-refractivity contribution in [3.8, 4) is 5.69 Å². The van der Waals surface area contributed by atoms with E-state index in [0.717, 1.165) is 36.0 Å². The van der Waals surface area contributed by atoms with E-state index >= 15 is 0 Å². The predicted octanol–water partition coefficient (Wildman–Crippen LogP) is 3.80. The first-order chi connectivity index (χ1) is 14.3. The van der Waals surface area contributed by atoms with E-state index in [1.807, 2.05) is 31.2 Å². The molecule has 3 aromatic rings. The molecule has 1 aromatic heterocycles. The molecule has 2 N–H and O–H groups in total. The second-order valence-corrected chi connectivity index (χ2v) is 8.81. The summed E-state index contributed by atoms with van der Waals surface area (Å²) in [6, 6.07) is 14.5. The lowest BCUT2D eigenvalue weighted by Crippen LogP contribution is -2.17. The molecule has 158 valence electrons. The van der Waals surface area contributed by atoms with E-state index in [2.05, 4.69) is 21.7 Å². The van der Waals surface area contributed by atoms with Gasteiger partial charge < -0.3 is 0 Å². The van der Waals surface area contributed by atoms with Crippen LogP contribution in [0.4, 0.5) is 11.4 Å². The van der Waals surface area contributed by atoms with Gasteiger partial charge in [-0.2, -0.15) is 0 Å². The molecule has 0 radical (unpaired) electrons. The molecule has 0 fully saturated rings. The Bertz CT molecular complexity index is 1220. The van der Waals surface area contributed by atoms with Crippen LogP contribution in [0.15, 0.2) is 58.3 Å². The second kappa shape index (κ2) is 9.13. The van der Waals surface area contributed by atoms with Gasteiger partial charge >= 0.3 is 0 Å². The topological polar surface area (TPSA) is 96.3 Å². The first-order valence-corrected chi connectivity index (χ1v) is 11.8. The van der Waals surface area contributed by atoms with E-state index in [1.54, 1.807) is 30.5 Å². The number of hydrogen-bond acceptors (Lipinski definition) is 4. The van der Waals surface area contributed by atoms with Crippen molar-refractivity contribution in [3.63, 3.8) is 0 Å². The van der Waals surface area contributed by atoms with Crippen LogP contribution >= 0.6 is 0 Å². The van der Waals surface area contributed by atoms with E-state index in [0.29, 0.717) is 23.4 Å². The van der Waals surface area contributed by atoms with Crippen molar-refractivity contribution in [2.45, 2.75) is 33.1 Å². The molecule has 7 nitrogen and oxygen atoms in total. The smallest absolute Gasteiger partial charge is 0.280 e. The summed E-state index contributed by atoms with van der Waals surface area (Å²) in [6.45, 7) is 4.11. The number of H-pyrrole nitrogens is 1. The Balaban J connectivity index is 2.04. The average Bonchev–Trinajstić information content (AvgIpc) is 3.01. The molecule has 2 aromatic carbocycles. The number of para-hydroxylation sites is 1. The Hall–Kier alpha value is -3.13. The zero-order valence-electron chi connectivity index (χ0n) is 17.3. The van der Waals surface area contributed by atoms with Gasteiger partial charge in [-0.25, -0.2) is 13.1 Å². The fraction of sp³-hybridized carbons (Fsp3) is 0.273. The largest absolute Gasteiger partial charge is 0.294 e. The van der Waals surface area contributed by atoms with Crippen LogP contribution in [0.1, 0.15) is 37.1 Å². The lowest BCUT2D eigenvalue weighted by molar-refractivity contribution is 0.607. The van der Waals surface area contributed by atoms with Gasteiger partial charge in [-0.05, 0) is 42.7 Å². The summed E-state index contributed by atoms with van der Waals surface area (Å²) in [5, 5.41) is 3.16. The van der Waals surface area contributed by atoms with Crippen molar-refractivity contribution >= 4 is 27.6 Å². The number of aryl methyl sites for hydroxylation is 2. The van der Waals surface area contributed by atoms with Crippen LogP contribution in [0.3, 0.4) is 0 Å². The van der Waals surface area contributed by atoms with E-state index < -0.39 is 10.0 Å². The minimum absolute atomic E-state index is 0.229. The number of aromatic amines is 1. The summed E-state index contributed by atoms with van der Waals surface area (Å²) >= 11 is 0. The van der Waals surface area contributed by atoms with Gasteiger partial charge in [0.1, 0.15) is 0 Å². The number of sulfonamides is 1. The van der Waals surface area contributed by atoms with Gasteiger partial charge in [0.2, 0.25) is 10.0 Å². The van der Waals surface area contributed by atoms with Crippen LogP contribution < -0.4 is 10.3 Å². The molecule has 0 spiro atoms. The molecule has 0 aliphatic heterocycles. The van der Waals surface area contributed by atoms with Crippen LogP contribution in [0.5, 0.6) is 0 Å². The maximum atomic E-state index is 13.1. The van der Waals surface area contributed by atoms with Crippen LogP contribution in [-0.2, 0) is 22.9 Å².